The van der Waals surface area contributed by atoms with Gasteiger partial charge in [-0.15, -0.1) is 0 Å². The lowest BCUT2D eigenvalue weighted by Gasteiger charge is -2.21. The molecule has 2 aromatic carbocycles. The zero-order valence-electron chi connectivity index (χ0n) is 21.1. The first-order chi connectivity index (χ1) is 17.1. The van der Waals surface area contributed by atoms with Crippen molar-refractivity contribution in [2.75, 3.05) is 13.2 Å². The number of hydrogen-bond donors (Lipinski definition) is 0. The van der Waals surface area contributed by atoms with Crippen LogP contribution in [0.4, 0.5) is 0 Å². The Bertz CT molecular complexity index is 1170. The average Bonchev–Trinajstić information content (AvgIpc) is 3.24. The van der Waals surface area contributed by atoms with Gasteiger partial charge in [-0.2, -0.15) is 0 Å². The van der Waals surface area contributed by atoms with E-state index in [1.807, 2.05) is 26.0 Å². The van der Waals surface area contributed by atoms with Gasteiger partial charge in [-0.1, -0.05) is 43.7 Å². The van der Waals surface area contributed by atoms with Crippen molar-refractivity contribution in [3.05, 3.63) is 76.7 Å². The smallest absolute Gasteiger partial charge is 0.306 e. The molecule has 0 saturated carbocycles. The van der Waals surface area contributed by atoms with E-state index in [0.29, 0.717) is 38.4 Å². The van der Waals surface area contributed by atoms with Gasteiger partial charge in [-0.05, 0) is 74.4 Å². The van der Waals surface area contributed by atoms with Crippen LogP contribution in [0.15, 0.2) is 53.0 Å². The number of fused-ring (bicyclic) bond motifs is 1. The van der Waals surface area contributed by atoms with Crippen LogP contribution in [0.25, 0.3) is 17.0 Å². The van der Waals surface area contributed by atoms with Crippen molar-refractivity contribution in [3.63, 3.8) is 0 Å². The molecule has 0 spiro atoms. The van der Waals surface area contributed by atoms with Gasteiger partial charge in [-0.3, -0.25) is 4.79 Å². The Balaban J connectivity index is 1.38. The van der Waals surface area contributed by atoms with Crippen LogP contribution in [0.3, 0.4) is 0 Å². The minimum atomic E-state index is -0.146. The molecule has 0 aliphatic heterocycles. The highest BCUT2D eigenvalue weighted by Gasteiger charge is 2.18. The van der Waals surface area contributed by atoms with Crippen LogP contribution in [0.1, 0.15) is 67.7 Å². The molecule has 0 saturated heterocycles. The molecule has 0 N–H and O–H groups in total. The molecule has 1 heterocycles. The highest BCUT2D eigenvalue weighted by Crippen LogP contribution is 2.35. The summed E-state index contributed by atoms with van der Waals surface area (Å²) in [5.41, 5.74) is 6.87. The maximum Gasteiger partial charge on any atom is 0.306 e. The summed E-state index contributed by atoms with van der Waals surface area (Å²) in [4.78, 5) is 16.6. The predicted molar refractivity (Wildman–Crippen MR) is 138 cm³/mol. The standard InChI is InChI=1S/C30H35NO4/c1-4-8-22-13-15-24(16-14-22)30-31-27(21(3)35-30)19-20-34-28-12-7-10-25-23(9-6-11-26(25)28)17-18-29(32)33-5-2/h7,9-10,12-16H,4-6,8,11,17-20H2,1-3H3. The molecule has 0 atom stereocenters. The molecule has 1 aliphatic carbocycles. The molecule has 184 valence electrons. The summed E-state index contributed by atoms with van der Waals surface area (Å²) in [7, 11) is 0. The number of rotatable bonds is 11. The Kier molecular flexibility index (Phi) is 8.40. The SMILES string of the molecule is CCCc1ccc(-c2nc(CCOc3cccc4c3CCC=C4CCC(=O)OCC)c(C)o2)cc1. The minimum absolute atomic E-state index is 0.146. The number of ether oxygens (including phenoxy) is 2. The maximum absolute atomic E-state index is 11.8. The van der Waals surface area contributed by atoms with Crippen molar-refractivity contribution in [2.45, 2.75) is 65.7 Å². The molecule has 1 aliphatic rings. The first-order valence-corrected chi connectivity index (χ1v) is 12.7. The summed E-state index contributed by atoms with van der Waals surface area (Å²) in [5.74, 6) is 2.26. The fraction of sp³-hybridized carbons (Fsp3) is 0.400. The fourth-order valence-corrected chi connectivity index (χ4v) is 4.61. The van der Waals surface area contributed by atoms with Crippen LogP contribution < -0.4 is 4.74 Å². The van der Waals surface area contributed by atoms with E-state index in [4.69, 9.17) is 18.9 Å². The molecule has 5 heteroatoms. The number of oxazole rings is 1. The number of esters is 1. The van der Waals surface area contributed by atoms with E-state index in [1.165, 1.54) is 22.3 Å². The normalized spacial score (nSPS) is 12.7. The van der Waals surface area contributed by atoms with Gasteiger partial charge >= 0.3 is 5.97 Å². The van der Waals surface area contributed by atoms with Gasteiger partial charge in [0, 0.05) is 24.0 Å². The second-order valence-corrected chi connectivity index (χ2v) is 8.92. The molecule has 0 radical (unpaired) electrons. The topological polar surface area (TPSA) is 61.6 Å². The molecule has 4 rings (SSSR count). The molecule has 1 aromatic heterocycles. The lowest BCUT2D eigenvalue weighted by molar-refractivity contribution is -0.142. The van der Waals surface area contributed by atoms with Gasteiger partial charge in [0.25, 0.3) is 0 Å². The molecular formula is C30H35NO4. The summed E-state index contributed by atoms with van der Waals surface area (Å²) in [6.45, 7) is 6.93. The summed E-state index contributed by atoms with van der Waals surface area (Å²) in [5, 5.41) is 0. The summed E-state index contributed by atoms with van der Waals surface area (Å²) < 4.78 is 17.3. The van der Waals surface area contributed by atoms with E-state index in [1.54, 1.807) is 0 Å². The number of benzene rings is 2. The van der Waals surface area contributed by atoms with Gasteiger partial charge in [0.2, 0.25) is 5.89 Å². The highest BCUT2D eigenvalue weighted by molar-refractivity contribution is 5.77. The van der Waals surface area contributed by atoms with Crippen molar-refractivity contribution in [2.24, 2.45) is 0 Å². The van der Waals surface area contributed by atoms with Crippen LogP contribution in [-0.2, 0) is 28.8 Å². The van der Waals surface area contributed by atoms with Crippen molar-refractivity contribution in [3.8, 4) is 17.2 Å². The average molecular weight is 474 g/mol. The van der Waals surface area contributed by atoms with E-state index in [2.05, 4.69) is 43.3 Å². The van der Waals surface area contributed by atoms with Gasteiger partial charge in [-0.25, -0.2) is 4.98 Å². The summed E-state index contributed by atoms with van der Waals surface area (Å²) in [6.07, 6.45) is 8.12. The fourth-order valence-electron chi connectivity index (χ4n) is 4.61. The Morgan fingerprint density at radius 2 is 1.89 bits per heavy atom. The number of aromatic nitrogens is 1. The van der Waals surface area contributed by atoms with Crippen molar-refractivity contribution in [1.29, 1.82) is 0 Å². The first-order valence-electron chi connectivity index (χ1n) is 12.7. The Labute approximate surface area is 208 Å². The largest absolute Gasteiger partial charge is 0.493 e. The van der Waals surface area contributed by atoms with Crippen LogP contribution in [0.5, 0.6) is 5.75 Å². The monoisotopic (exact) mass is 473 g/mol. The second-order valence-electron chi connectivity index (χ2n) is 8.92. The third-order valence-corrected chi connectivity index (χ3v) is 6.40. The zero-order chi connectivity index (χ0) is 24.6. The number of nitrogens with zero attached hydrogens (tertiary/aromatic N) is 1. The van der Waals surface area contributed by atoms with E-state index in [9.17, 15) is 4.79 Å². The maximum atomic E-state index is 11.8. The molecule has 0 fully saturated rings. The van der Waals surface area contributed by atoms with Gasteiger partial charge < -0.3 is 13.9 Å². The number of carbonyl (C=O) groups is 1. The van der Waals surface area contributed by atoms with Crippen LogP contribution in [-0.4, -0.2) is 24.2 Å². The summed E-state index contributed by atoms with van der Waals surface area (Å²) >= 11 is 0. The predicted octanol–water partition coefficient (Wildman–Crippen LogP) is 6.90. The minimum Gasteiger partial charge on any atom is -0.493 e. The zero-order valence-corrected chi connectivity index (χ0v) is 21.1. The molecule has 0 bridgehead atoms. The van der Waals surface area contributed by atoms with Gasteiger partial charge in [0.15, 0.2) is 0 Å². The Morgan fingerprint density at radius 1 is 1.06 bits per heavy atom. The molecule has 3 aromatic rings. The summed E-state index contributed by atoms with van der Waals surface area (Å²) in [6, 6.07) is 14.6. The Hall–Kier alpha value is -3.34. The van der Waals surface area contributed by atoms with Crippen LogP contribution in [0.2, 0.25) is 0 Å². The highest BCUT2D eigenvalue weighted by atomic mass is 16.5. The number of allylic oxidation sites excluding steroid dienone is 2. The second kappa shape index (κ2) is 11.9. The number of carbonyl (C=O) groups excluding carboxylic acids is 1. The molecule has 0 unspecified atom stereocenters. The van der Waals surface area contributed by atoms with E-state index in [0.717, 1.165) is 48.5 Å². The van der Waals surface area contributed by atoms with Crippen molar-refractivity contribution < 1.29 is 18.7 Å². The molecular weight excluding hydrogens is 438 g/mol. The third kappa shape index (κ3) is 6.21. The number of aryl methyl sites for hydroxylation is 2. The van der Waals surface area contributed by atoms with Gasteiger partial charge in [0.1, 0.15) is 11.5 Å². The number of hydrogen-bond acceptors (Lipinski definition) is 5. The molecule has 35 heavy (non-hydrogen) atoms. The van der Waals surface area contributed by atoms with Crippen molar-refractivity contribution >= 4 is 11.5 Å². The molecule has 0 amide bonds. The molecule has 5 nitrogen and oxygen atoms in total. The Morgan fingerprint density at radius 3 is 2.66 bits per heavy atom. The van der Waals surface area contributed by atoms with E-state index < -0.39 is 0 Å². The van der Waals surface area contributed by atoms with E-state index >= 15 is 0 Å². The van der Waals surface area contributed by atoms with Crippen LogP contribution in [0, 0.1) is 6.92 Å². The van der Waals surface area contributed by atoms with Crippen LogP contribution >= 0.6 is 0 Å². The van der Waals surface area contributed by atoms with Gasteiger partial charge in [0.05, 0.1) is 18.9 Å². The first kappa shape index (κ1) is 24.8. The quantitative estimate of drug-likeness (QED) is 0.284. The van der Waals surface area contributed by atoms with E-state index in [-0.39, 0.29) is 5.97 Å². The lowest BCUT2D eigenvalue weighted by Crippen LogP contribution is -2.09. The lowest BCUT2D eigenvalue weighted by atomic mass is 9.88. The van der Waals surface area contributed by atoms with Crippen molar-refractivity contribution in [1.82, 2.24) is 4.98 Å². The third-order valence-electron chi connectivity index (χ3n) is 6.40.